The lowest BCUT2D eigenvalue weighted by molar-refractivity contribution is 0.637. The molecule has 16 heavy (non-hydrogen) atoms. The van der Waals surface area contributed by atoms with Gasteiger partial charge in [-0.15, -0.1) is 0 Å². The van der Waals surface area contributed by atoms with Crippen LogP contribution in [0.4, 0.5) is 11.8 Å². The van der Waals surface area contributed by atoms with Crippen LogP contribution in [0.1, 0.15) is 5.69 Å². The molecule has 2 rings (SSSR count). The van der Waals surface area contributed by atoms with E-state index in [9.17, 15) is 0 Å². The molecule has 0 unspecified atom stereocenters. The Balaban J connectivity index is 1.89. The first-order valence-electron chi connectivity index (χ1n) is 5.06. The second kappa shape index (κ2) is 4.61. The van der Waals surface area contributed by atoms with Crippen molar-refractivity contribution in [3.05, 3.63) is 30.2 Å². The van der Waals surface area contributed by atoms with Gasteiger partial charge < -0.3 is 11.1 Å². The molecule has 84 valence electrons. The first-order chi connectivity index (χ1) is 7.74. The molecule has 2 aromatic rings. The molecule has 0 amide bonds. The first-order valence-corrected chi connectivity index (χ1v) is 5.06. The highest BCUT2D eigenvalue weighted by atomic mass is 15.3. The van der Waals surface area contributed by atoms with Gasteiger partial charge in [-0.1, -0.05) is 0 Å². The molecule has 0 fully saturated rings. The lowest BCUT2D eigenvalue weighted by Gasteiger charge is -2.06. The molecule has 0 saturated heterocycles. The standard InChI is InChI=1S/C10H14N6/c1-8-7-9(15-10(11)14-8)12-4-6-16-5-2-3-13-16/h2-3,5,7H,4,6H2,1H3,(H3,11,12,14,15). The number of aryl methyl sites for hydroxylation is 1. The molecule has 6 nitrogen and oxygen atoms in total. The molecule has 3 N–H and O–H groups in total. The van der Waals surface area contributed by atoms with Crippen LogP contribution in [0.5, 0.6) is 0 Å². The first kappa shape index (κ1) is 10.4. The van der Waals surface area contributed by atoms with Gasteiger partial charge in [-0.05, 0) is 13.0 Å². The average Bonchev–Trinajstić information content (AvgIpc) is 2.69. The number of aromatic nitrogens is 4. The molecule has 0 aliphatic carbocycles. The molecule has 0 aliphatic heterocycles. The molecule has 0 bridgehead atoms. The number of nitrogen functional groups attached to an aromatic ring is 1. The number of anilines is 2. The van der Waals surface area contributed by atoms with E-state index < -0.39 is 0 Å². The minimum Gasteiger partial charge on any atom is -0.368 e. The van der Waals surface area contributed by atoms with E-state index in [-0.39, 0.29) is 0 Å². The van der Waals surface area contributed by atoms with E-state index in [2.05, 4.69) is 20.4 Å². The largest absolute Gasteiger partial charge is 0.368 e. The Labute approximate surface area is 93.5 Å². The van der Waals surface area contributed by atoms with E-state index in [4.69, 9.17) is 5.73 Å². The van der Waals surface area contributed by atoms with Gasteiger partial charge in [-0.3, -0.25) is 4.68 Å². The number of nitrogens with one attached hydrogen (secondary N) is 1. The lowest BCUT2D eigenvalue weighted by atomic mass is 10.4. The quantitative estimate of drug-likeness (QED) is 0.788. The summed E-state index contributed by atoms with van der Waals surface area (Å²) < 4.78 is 1.85. The van der Waals surface area contributed by atoms with Crippen LogP contribution in [0.2, 0.25) is 0 Å². The molecule has 2 aromatic heterocycles. The Morgan fingerprint density at radius 1 is 1.44 bits per heavy atom. The summed E-state index contributed by atoms with van der Waals surface area (Å²) in [7, 11) is 0. The van der Waals surface area contributed by atoms with Crippen molar-refractivity contribution < 1.29 is 0 Å². The molecule has 0 atom stereocenters. The van der Waals surface area contributed by atoms with Crippen LogP contribution in [-0.4, -0.2) is 26.3 Å². The van der Waals surface area contributed by atoms with Crippen LogP contribution in [0, 0.1) is 6.92 Å². The van der Waals surface area contributed by atoms with Gasteiger partial charge in [0.25, 0.3) is 0 Å². The average molecular weight is 218 g/mol. The van der Waals surface area contributed by atoms with Crippen LogP contribution < -0.4 is 11.1 Å². The normalized spacial score (nSPS) is 10.3. The van der Waals surface area contributed by atoms with Gasteiger partial charge in [0.2, 0.25) is 5.95 Å². The van der Waals surface area contributed by atoms with Crippen molar-refractivity contribution in [2.45, 2.75) is 13.5 Å². The summed E-state index contributed by atoms with van der Waals surface area (Å²) in [5, 5.41) is 7.27. The van der Waals surface area contributed by atoms with Crippen molar-refractivity contribution in [1.82, 2.24) is 19.7 Å². The summed E-state index contributed by atoms with van der Waals surface area (Å²) in [4.78, 5) is 8.08. The van der Waals surface area contributed by atoms with Crippen molar-refractivity contribution in [3.63, 3.8) is 0 Å². The van der Waals surface area contributed by atoms with E-state index in [1.54, 1.807) is 6.20 Å². The van der Waals surface area contributed by atoms with Crippen LogP contribution >= 0.6 is 0 Å². The van der Waals surface area contributed by atoms with E-state index in [0.29, 0.717) is 5.95 Å². The van der Waals surface area contributed by atoms with Crippen molar-refractivity contribution in [2.24, 2.45) is 0 Å². The Kier molecular flexibility index (Phi) is 3.00. The van der Waals surface area contributed by atoms with Gasteiger partial charge in [0.1, 0.15) is 5.82 Å². The number of hydrogen-bond acceptors (Lipinski definition) is 5. The van der Waals surface area contributed by atoms with Crippen molar-refractivity contribution in [3.8, 4) is 0 Å². The zero-order chi connectivity index (χ0) is 11.4. The predicted octanol–water partition coefficient (Wildman–Crippen LogP) is 0.676. The fourth-order valence-electron chi connectivity index (χ4n) is 1.41. The highest BCUT2D eigenvalue weighted by molar-refractivity contribution is 5.39. The Bertz CT molecular complexity index is 430. The SMILES string of the molecule is Cc1cc(NCCn2cccn2)nc(N)n1. The van der Waals surface area contributed by atoms with E-state index in [0.717, 1.165) is 24.6 Å². The summed E-state index contributed by atoms with van der Waals surface area (Å²) in [5.74, 6) is 1.04. The van der Waals surface area contributed by atoms with Gasteiger partial charge in [-0.25, -0.2) is 4.98 Å². The van der Waals surface area contributed by atoms with Gasteiger partial charge >= 0.3 is 0 Å². The highest BCUT2D eigenvalue weighted by Crippen LogP contribution is 2.06. The molecule has 0 spiro atoms. The second-order valence-electron chi connectivity index (χ2n) is 3.45. The molecular formula is C10H14N6. The smallest absolute Gasteiger partial charge is 0.222 e. The lowest BCUT2D eigenvalue weighted by Crippen LogP contribution is -2.12. The fourth-order valence-corrected chi connectivity index (χ4v) is 1.41. The third-order valence-electron chi connectivity index (χ3n) is 2.08. The van der Waals surface area contributed by atoms with E-state index >= 15 is 0 Å². The van der Waals surface area contributed by atoms with Crippen molar-refractivity contribution in [2.75, 3.05) is 17.6 Å². The third-order valence-corrected chi connectivity index (χ3v) is 2.08. The highest BCUT2D eigenvalue weighted by Gasteiger charge is 1.98. The zero-order valence-electron chi connectivity index (χ0n) is 9.09. The summed E-state index contributed by atoms with van der Waals surface area (Å²) in [6, 6.07) is 3.76. The maximum absolute atomic E-state index is 5.55. The van der Waals surface area contributed by atoms with E-state index in [1.807, 2.05) is 29.9 Å². The summed E-state index contributed by atoms with van der Waals surface area (Å²) in [6.07, 6.45) is 3.67. The molecule has 6 heteroatoms. The maximum atomic E-state index is 5.55. The van der Waals surface area contributed by atoms with Gasteiger partial charge in [0, 0.05) is 30.7 Å². The maximum Gasteiger partial charge on any atom is 0.222 e. The molecule has 2 heterocycles. The van der Waals surface area contributed by atoms with Gasteiger partial charge in [0.05, 0.1) is 6.54 Å². The Hall–Kier alpha value is -2.11. The number of nitrogens with two attached hydrogens (primary N) is 1. The predicted molar refractivity (Wildman–Crippen MR) is 61.9 cm³/mol. The molecule has 0 radical (unpaired) electrons. The van der Waals surface area contributed by atoms with Gasteiger partial charge in [-0.2, -0.15) is 10.1 Å². The molecule has 0 aliphatic rings. The minimum absolute atomic E-state index is 0.293. The Morgan fingerprint density at radius 3 is 3.00 bits per heavy atom. The van der Waals surface area contributed by atoms with Crippen molar-refractivity contribution in [1.29, 1.82) is 0 Å². The second-order valence-corrected chi connectivity index (χ2v) is 3.45. The minimum atomic E-state index is 0.293. The number of nitrogens with zero attached hydrogens (tertiary/aromatic N) is 4. The third kappa shape index (κ3) is 2.69. The van der Waals surface area contributed by atoms with Gasteiger partial charge in [0.15, 0.2) is 0 Å². The summed E-state index contributed by atoms with van der Waals surface area (Å²) >= 11 is 0. The molecule has 0 saturated carbocycles. The van der Waals surface area contributed by atoms with Crippen molar-refractivity contribution >= 4 is 11.8 Å². The Morgan fingerprint density at radius 2 is 2.31 bits per heavy atom. The van der Waals surface area contributed by atoms with E-state index in [1.165, 1.54) is 0 Å². The topological polar surface area (TPSA) is 81.7 Å². The number of hydrogen-bond donors (Lipinski definition) is 2. The summed E-state index contributed by atoms with van der Waals surface area (Å²) in [6.45, 7) is 3.42. The monoisotopic (exact) mass is 218 g/mol. The van der Waals surface area contributed by atoms with Crippen LogP contribution in [0.15, 0.2) is 24.5 Å². The number of rotatable bonds is 4. The van der Waals surface area contributed by atoms with Crippen LogP contribution in [-0.2, 0) is 6.54 Å². The van der Waals surface area contributed by atoms with Crippen LogP contribution in [0.25, 0.3) is 0 Å². The molecular weight excluding hydrogens is 204 g/mol. The zero-order valence-corrected chi connectivity index (χ0v) is 9.09. The fraction of sp³-hybridized carbons (Fsp3) is 0.300. The summed E-state index contributed by atoms with van der Waals surface area (Å²) in [5.41, 5.74) is 6.40. The molecule has 0 aromatic carbocycles. The van der Waals surface area contributed by atoms with Crippen LogP contribution in [0.3, 0.4) is 0 Å².